The van der Waals surface area contributed by atoms with Gasteiger partial charge in [-0.2, -0.15) is 5.10 Å². The summed E-state index contributed by atoms with van der Waals surface area (Å²) in [7, 11) is 0. The summed E-state index contributed by atoms with van der Waals surface area (Å²) in [6.45, 7) is 4.55. The van der Waals surface area contributed by atoms with Crippen LogP contribution >= 0.6 is 0 Å². The maximum atomic E-state index is 13.5. The van der Waals surface area contributed by atoms with Gasteiger partial charge in [0.15, 0.2) is 0 Å². The molecule has 2 unspecified atom stereocenters. The van der Waals surface area contributed by atoms with Crippen LogP contribution < -0.4 is 10.7 Å². The highest BCUT2D eigenvalue weighted by Crippen LogP contribution is 2.25. The Morgan fingerprint density at radius 1 is 0.878 bits per heavy atom. The predicted octanol–water partition coefficient (Wildman–Crippen LogP) is 4.56. The molecule has 8 nitrogen and oxygen atoms in total. The molecule has 2 amide bonds. The monoisotopic (exact) mass is 556 g/mol. The molecule has 9 heteroatoms. The van der Waals surface area contributed by atoms with Crippen molar-refractivity contribution in [3.8, 4) is 0 Å². The molecule has 0 saturated heterocycles. The molecule has 0 aliphatic rings. The van der Waals surface area contributed by atoms with Crippen LogP contribution in [-0.4, -0.2) is 58.4 Å². The number of halogens is 1. The van der Waals surface area contributed by atoms with Gasteiger partial charge in [-0.15, -0.1) is 0 Å². The maximum absolute atomic E-state index is 13.5. The van der Waals surface area contributed by atoms with Crippen molar-refractivity contribution in [1.29, 1.82) is 0 Å². The molecular formula is C32H33FN4O4. The van der Waals surface area contributed by atoms with Crippen LogP contribution in [0.25, 0.3) is 10.8 Å². The van der Waals surface area contributed by atoms with Crippen LogP contribution in [0.5, 0.6) is 0 Å². The number of rotatable bonds is 11. The highest BCUT2D eigenvalue weighted by Gasteiger charge is 2.17. The third-order valence-corrected chi connectivity index (χ3v) is 6.25. The molecule has 4 rings (SSSR count). The fraction of sp³-hybridized carbons (Fsp3) is 0.219. The minimum Gasteiger partial charge on any atom is -0.392 e. The van der Waals surface area contributed by atoms with Gasteiger partial charge in [-0.05, 0) is 72.1 Å². The second-order valence-corrected chi connectivity index (χ2v) is 10.0. The number of benzene rings is 4. The number of hydrogen-bond donors (Lipinski definition) is 4. The largest absolute Gasteiger partial charge is 0.392 e. The summed E-state index contributed by atoms with van der Waals surface area (Å²) in [5, 5.41) is 28.2. The molecule has 0 bridgehead atoms. The maximum Gasteiger partial charge on any atom is 0.273 e. The molecule has 4 aromatic carbocycles. The van der Waals surface area contributed by atoms with Gasteiger partial charge in [0.25, 0.3) is 11.8 Å². The summed E-state index contributed by atoms with van der Waals surface area (Å²) in [5.74, 6) is -1.36. The first-order valence-corrected chi connectivity index (χ1v) is 13.3. The molecule has 0 heterocycles. The lowest BCUT2D eigenvalue weighted by atomic mass is 10.0. The van der Waals surface area contributed by atoms with Crippen LogP contribution in [0.3, 0.4) is 0 Å². The van der Waals surface area contributed by atoms with Crippen molar-refractivity contribution in [2.24, 2.45) is 5.10 Å². The minimum atomic E-state index is -0.573. The Morgan fingerprint density at radius 3 is 2.24 bits per heavy atom. The SMILES string of the molecule is CC(O)CN(Cc1cccc(C(=O)Nc2cc3ccccc3cc2C(=O)NN=Cc2cccc(F)c2)c1)CC(C)O. The first-order valence-electron chi connectivity index (χ1n) is 13.3. The summed E-state index contributed by atoms with van der Waals surface area (Å²) in [6, 6.07) is 23.8. The molecule has 0 aliphatic heterocycles. The standard InChI is InChI=1S/C32H33FN4O4/c1-21(38)18-37(19-22(2)39)20-24-8-5-11-27(13-24)31(40)35-30-16-26-10-4-3-9-25(26)15-29(30)32(41)36-34-17-23-7-6-12-28(33)14-23/h3-17,21-22,38-39H,18-20H2,1-2H3,(H,35,40)(H,36,41). The smallest absolute Gasteiger partial charge is 0.273 e. The highest BCUT2D eigenvalue weighted by molar-refractivity contribution is 6.11. The summed E-state index contributed by atoms with van der Waals surface area (Å²) in [5.41, 5.74) is 4.69. The number of fused-ring (bicyclic) bond motifs is 1. The van der Waals surface area contributed by atoms with Gasteiger partial charge in [-0.1, -0.05) is 48.5 Å². The van der Waals surface area contributed by atoms with E-state index in [1.165, 1.54) is 18.3 Å². The predicted molar refractivity (Wildman–Crippen MR) is 158 cm³/mol. The van der Waals surface area contributed by atoms with Crippen LogP contribution in [0.4, 0.5) is 10.1 Å². The van der Waals surface area contributed by atoms with Gasteiger partial charge < -0.3 is 15.5 Å². The van der Waals surface area contributed by atoms with Crippen LogP contribution in [-0.2, 0) is 6.54 Å². The number of aliphatic hydroxyl groups is 2. The van der Waals surface area contributed by atoms with E-state index in [0.717, 1.165) is 16.3 Å². The summed E-state index contributed by atoms with van der Waals surface area (Å²) in [6.07, 6.45) is 0.191. The van der Waals surface area contributed by atoms with E-state index in [0.29, 0.717) is 36.4 Å². The van der Waals surface area contributed by atoms with Crippen molar-refractivity contribution in [2.75, 3.05) is 18.4 Å². The molecule has 0 radical (unpaired) electrons. The zero-order chi connectivity index (χ0) is 29.4. The van der Waals surface area contributed by atoms with E-state index in [-0.39, 0.29) is 5.56 Å². The van der Waals surface area contributed by atoms with E-state index < -0.39 is 29.8 Å². The lowest BCUT2D eigenvalue weighted by molar-refractivity contribution is 0.0793. The lowest BCUT2D eigenvalue weighted by Gasteiger charge is -2.25. The van der Waals surface area contributed by atoms with Crippen LogP contribution in [0.1, 0.15) is 45.7 Å². The Hall–Kier alpha value is -4.44. The Balaban J connectivity index is 1.56. The number of carbonyl (C=O) groups excluding carboxylic acids is 2. The van der Waals surface area contributed by atoms with Gasteiger partial charge in [-0.25, -0.2) is 9.82 Å². The second kappa shape index (κ2) is 13.8. The summed E-state index contributed by atoms with van der Waals surface area (Å²) in [4.78, 5) is 28.4. The molecule has 0 aromatic heterocycles. The Kier molecular flexibility index (Phi) is 9.91. The van der Waals surface area contributed by atoms with Crippen LogP contribution in [0.2, 0.25) is 0 Å². The number of nitrogens with one attached hydrogen (secondary N) is 2. The average Bonchev–Trinajstić information content (AvgIpc) is 2.92. The number of hydrogen-bond acceptors (Lipinski definition) is 6. The van der Waals surface area contributed by atoms with Crippen LogP contribution in [0, 0.1) is 5.82 Å². The Bertz CT molecular complexity index is 1540. The molecule has 0 saturated carbocycles. The van der Waals surface area contributed by atoms with Crippen molar-refractivity contribution in [3.63, 3.8) is 0 Å². The van der Waals surface area contributed by atoms with Crippen molar-refractivity contribution < 1.29 is 24.2 Å². The third-order valence-electron chi connectivity index (χ3n) is 6.25. The third kappa shape index (κ3) is 8.52. The molecule has 212 valence electrons. The first kappa shape index (κ1) is 29.5. The number of hydrazone groups is 1. The topological polar surface area (TPSA) is 114 Å². The van der Waals surface area contributed by atoms with E-state index >= 15 is 0 Å². The number of amides is 2. The van der Waals surface area contributed by atoms with Gasteiger partial charge in [0, 0.05) is 25.2 Å². The fourth-order valence-electron chi connectivity index (χ4n) is 4.56. The number of anilines is 1. The van der Waals surface area contributed by atoms with Gasteiger partial charge >= 0.3 is 0 Å². The number of aliphatic hydroxyl groups excluding tert-OH is 2. The molecular weight excluding hydrogens is 523 g/mol. The quantitative estimate of drug-likeness (QED) is 0.160. The van der Waals surface area contributed by atoms with Gasteiger partial charge in [-0.3, -0.25) is 14.5 Å². The summed E-state index contributed by atoms with van der Waals surface area (Å²) >= 11 is 0. The van der Waals surface area contributed by atoms with Crippen molar-refractivity contribution in [1.82, 2.24) is 10.3 Å². The average molecular weight is 557 g/mol. The van der Waals surface area contributed by atoms with Crippen molar-refractivity contribution >= 4 is 34.5 Å². The lowest BCUT2D eigenvalue weighted by Crippen LogP contribution is -2.35. The van der Waals surface area contributed by atoms with Crippen molar-refractivity contribution in [2.45, 2.75) is 32.6 Å². The Labute approximate surface area is 238 Å². The molecule has 4 aromatic rings. The number of nitrogens with zero attached hydrogens (tertiary/aromatic N) is 2. The molecule has 2 atom stereocenters. The van der Waals surface area contributed by atoms with E-state index in [4.69, 9.17) is 0 Å². The zero-order valence-electron chi connectivity index (χ0n) is 22.9. The second-order valence-electron chi connectivity index (χ2n) is 10.0. The molecule has 0 aliphatic carbocycles. The van der Waals surface area contributed by atoms with Gasteiger partial charge in [0.1, 0.15) is 5.82 Å². The van der Waals surface area contributed by atoms with Gasteiger partial charge in [0.2, 0.25) is 0 Å². The van der Waals surface area contributed by atoms with E-state index in [2.05, 4.69) is 15.8 Å². The number of carbonyl (C=O) groups is 2. The van der Waals surface area contributed by atoms with E-state index in [1.54, 1.807) is 56.3 Å². The zero-order valence-corrected chi connectivity index (χ0v) is 22.9. The van der Waals surface area contributed by atoms with Crippen LogP contribution in [0.15, 0.2) is 90.0 Å². The first-order chi connectivity index (χ1) is 19.7. The molecule has 0 fully saturated rings. The Morgan fingerprint density at radius 2 is 1.56 bits per heavy atom. The van der Waals surface area contributed by atoms with E-state index in [1.807, 2.05) is 35.2 Å². The highest BCUT2D eigenvalue weighted by atomic mass is 19.1. The van der Waals surface area contributed by atoms with Gasteiger partial charge in [0.05, 0.1) is 29.7 Å². The minimum absolute atomic E-state index is 0.213. The molecule has 0 spiro atoms. The van der Waals surface area contributed by atoms with E-state index in [9.17, 15) is 24.2 Å². The normalized spacial score (nSPS) is 12.9. The molecule has 41 heavy (non-hydrogen) atoms. The van der Waals surface area contributed by atoms with Crippen molar-refractivity contribution in [3.05, 3.63) is 113 Å². The summed E-state index contributed by atoms with van der Waals surface area (Å²) < 4.78 is 13.5. The fourth-order valence-corrected chi connectivity index (χ4v) is 4.56. The molecule has 4 N–H and O–H groups in total.